The molecule has 7 nitrogen and oxygen atoms in total. The Bertz CT molecular complexity index is 1160. The van der Waals surface area contributed by atoms with Crippen molar-refractivity contribution in [3.05, 3.63) is 77.6 Å². The van der Waals surface area contributed by atoms with Crippen molar-refractivity contribution >= 4 is 5.71 Å². The maximum Gasteiger partial charge on any atom is 0.231 e. The Morgan fingerprint density at radius 1 is 1.10 bits per heavy atom. The number of rotatable bonds is 4. The normalized spacial score (nSPS) is 20.5. The summed E-state index contributed by atoms with van der Waals surface area (Å²) in [7, 11) is 0. The molecule has 0 bridgehead atoms. The highest BCUT2D eigenvalue weighted by atomic mass is 16.7. The van der Waals surface area contributed by atoms with Gasteiger partial charge in [0, 0.05) is 35.5 Å². The lowest BCUT2D eigenvalue weighted by Crippen LogP contribution is -2.34. The van der Waals surface area contributed by atoms with Crippen molar-refractivity contribution in [3.8, 4) is 23.0 Å². The van der Waals surface area contributed by atoms with Crippen molar-refractivity contribution in [1.29, 1.82) is 0 Å². The molecule has 0 radical (unpaired) electrons. The van der Waals surface area contributed by atoms with Crippen LogP contribution in [-0.2, 0) is 0 Å². The van der Waals surface area contributed by atoms with Gasteiger partial charge >= 0.3 is 0 Å². The van der Waals surface area contributed by atoms with Crippen molar-refractivity contribution in [2.45, 2.75) is 25.6 Å². The van der Waals surface area contributed by atoms with Crippen LogP contribution < -0.4 is 18.9 Å². The number of nitrogens with zero attached hydrogens (tertiary/aromatic N) is 3. The zero-order valence-electron chi connectivity index (χ0n) is 17.0. The fraction of sp³-hybridized carbons (Fsp3) is 0.250. The van der Waals surface area contributed by atoms with Crippen LogP contribution in [0.1, 0.15) is 42.3 Å². The minimum absolute atomic E-state index is 0.0368. The summed E-state index contributed by atoms with van der Waals surface area (Å²) in [6.07, 6.45) is 3.94. The average Bonchev–Trinajstić information content (AvgIpc) is 3.46. The first-order chi connectivity index (χ1) is 15.3. The van der Waals surface area contributed by atoms with Gasteiger partial charge in [-0.2, -0.15) is 5.10 Å². The minimum Gasteiger partial charge on any atom is -0.490 e. The Labute approximate surface area is 179 Å². The molecule has 0 spiro atoms. The van der Waals surface area contributed by atoms with Crippen LogP contribution in [0.2, 0.25) is 0 Å². The Morgan fingerprint density at radius 2 is 2.03 bits per heavy atom. The summed E-state index contributed by atoms with van der Waals surface area (Å²) in [6.45, 7) is 2.80. The lowest BCUT2D eigenvalue weighted by atomic mass is 9.95. The van der Waals surface area contributed by atoms with Gasteiger partial charge in [-0.05, 0) is 37.3 Å². The maximum absolute atomic E-state index is 6.48. The fourth-order valence-corrected chi connectivity index (χ4v) is 4.35. The molecule has 0 unspecified atom stereocenters. The van der Waals surface area contributed by atoms with E-state index in [1.54, 1.807) is 6.20 Å². The standard InChI is InChI=1S/C24H21N3O4/c1-2-28-21-7-3-6-17-19-12-18(15-8-9-20-22(11-15)30-14-29-20)26-27(19)24(31-23(17)21)16-5-4-10-25-13-16/h3-11,13,19,24H,2,12,14H2,1H3/t19-,24+/m1/s1. The summed E-state index contributed by atoms with van der Waals surface area (Å²) >= 11 is 0. The average molecular weight is 415 g/mol. The first-order valence-corrected chi connectivity index (χ1v) is 10.4. The molecule has 31 heavy (non-hydrogen) atoms. The molecular formula is C24H21N3O4. The molecule has 0 amide bonds. The SMILES string of the molecule is CCOc1cccc2c1O[C@@H](c1cccnc1)N1N=C(c3ccc4c(c3)OCO4)C[C@H]21. The number of para-hydroxylation sites is 1. The third-order valence-electron chi connectivity index (χ3n) is 5.76. The van der Waals surface area contributed by atoms with E-state index in [1.165, 1.54) is 0 Å². The molecule has 156 valence electrons. The number of fused-ring (bicyclic) bond motifs is 4. The smallest absolute Gasteiger partial charge is 0.231 e. The van der Waals surface area contributed by atoms with Crippen LogP contribution in [0.5, 0.6) is 23.0 Å². The Hall–Kier alpha value is -3.74. The van der Waals surface area contributed by atoms with Gasteiger partial charge < -0.3 is 18.9 Å². The van der Waals surface area contributed by atoms with Gasteiger partial charge in [0.1, 0.15) is 0 Å². The van der Waals surface area contributed by atoms with Crippen LogP contribution >= 0.6 is 0 Å². The fourth-order valence-electron chi connectivity index (χ4n) is 4.35. The second kappa shape index (κ2) is 7.19. The lowest BCUT2D eigenvalue weighted by molar-refractivity contribution is -0.0214. The Balaban J connectivity index is 1.44. The molecule has 2 atom stereocenters. The van der Waals surface area contributed by atoms with E-state index < -0.39 is 0 Å². The summed E-state index contributed by atoms with van der Waals surface area (Å²) in [5.74, 6) is 3.05. The summed E-state index contributed by atoms with van der Waals surface area (Å²) in [6, 6.07) is 16.0. The molecule has 0 saturated heterocycles. The number of pyridine rings is 1. The molecule has 0 aliphatic carbocycles. The van der Waals surface area contributed by atoms with Crippen molar-refractivity contribution in [1.82, 2.24) is 9.99 Å². The number of hydrazone groups is 1. The van der Waals surface area contributed by atoms with Crippen molar-refractivity contribution in [3.63, 3.8) is 0 Å². The van der Waals surface area contributed by atoms with E-state index in [-0.39, 0.29) is 19.1 Å². The first-order valence-electron chi connectivity index (χ1n) is 10.4. The van der Waals surface area contributed by atoms with Gasteiger partial charge in [0.05, 0.1) is 18.4 Å². The van der Waals surface area contributed by atoms with Crippen molar-refractivity contribution in [2.75, 3.05) is 13.4 Å². The van der Waals surface area contributed by atoms with E-state index in [4.69, 9.17) is 24.0 Å². The van der Waals surface area contributed by atoms with Gasteiger partial charge in [0.2, 0.25) is 13.0 Å². The van der Waals surface area contributed by atoms with E-state index in [0.29, 0.717) is 6.61 Å². The highest BCUT2D eigenvalue weighted by Gasteiger charge is 2.42. The topological polar surface area (TPSA) is 65.4 Å². The third-order valence-corrected chi connectivity index (χ3v) is 5.76. The number of hydrogen-bond acceptors (Lipinski definition) is 7. The van der Waals surface area contributed by atoms with E-state index in [0.717, 1.165) is 51.8 Å². The maximum atomic E-state index is 6.48. The summed E-state index contributed by atoms with van der Waals surface area (Å²) in [4.78, 5) is 4.29. The second-order valence-corrected chi connectivity index (χ2v) is 7.58. The zero-order chi connectivity index (χ0) is 20.8. The molecule has 1 aromatic heterocycles. The van der Waals surface area contributed by atoms with Crippen LogP contribution in [-0.4, -0.2) is 29.1 Å². The highest BCUT2D eigenvalue weighted by Crippen LogP contribution is 2.50. The van der Waals surface area contributed by atoms with Crippen LogP contribution in [0.3, 0.4) is 0 Å². The van der Waals surface area contributed by atoms with Gasteiger partial charge in [-0.1, -0.05) is 18.2 Å². The van der Waals surface area contributed by atoms with E-state index in [1.807, 2.05) is 60.6 Å². The molecule has 0 fully saturated rings. The zero-order valence-corrected chi connectivity index (χ0v) is 17.0. The number of hydrogen-bond donors (Lipinski definition) is 0. The first kappa shape index (κ1) is 18.1. The quantitative estimate of drug-likeness (QED) is 0.627. The van der Waals surface area contributed by atoms with Gasteiger partial charge in [0.15, 0.2) is 23.0 Å². The number of ether oxygens (including phenoxy) is 4. The molecule has 4 heterocycles. The van der Waals surface area contributed by atoms with Crippen molar-refractivity contribution < 1.29 is 18.9 Å². The lowest BCUT2D eigenvalue weighted by Gasteiger charge is -2.38. The van der Waals surface area contributed by atoms with Crippen molar-refractivity contribution in [2.24, 2.45) is 5.10 Å². The Kier molecular flexibility index (Phi) is 4.19. The van der Waals surface area contributed by atoms with E-state index in [2.05, 4.69) is 11.1 Å². The van der Waals surface area contributed by atoms with Crippen LogP contribution in [0.25, 0.3) is 0 Å². The second-order valence-electron chi connectivity index (χ2n) is 7.58. The monoisotopic (exact) mass is 415 g/mol. The molecule has 7 heteroatoms. The molecule has 3 aromatic rings. The van der Waals surface area contributed by atoms with Crippen LogP contribution in [0.15, 0.2) is 66.0 Å². The van der Waals surface area contributed by atoms with Crippen LogP contribution in [0.4, 0.5) is 0 Å². The molecule has 0 saturated carbocycles. The van der Waals surface area contributed by atoms with E-state index >= 15 is 0 Å². The van der Waals surface area contributed by atoms with Gasteiger partial charge in [-0.15, -0.1) is 0 Å². The number of benzene rings is 2. The molecule has 3 aliphatic heterocycles. The van der Waals surface area contributed by atoms with E-state index in [9.17, 15) is 0 Å². The highest BCUT2D eigenvalue weighted by molar-refractivity contribution is 6.02. The molecule has 3 aliphatic rings. The van der Waals surface area contributed by atoms with Gasteiger partial charge in [-0.25, -0.2) is 5.01 Å². The summed E-state index contributed by atoms with van der Waals surface area (Å²) < 4.78 is 23.4. The molecular weight excluding hydrogens is 394 g/mol. The third kappa shape index (κ3) is 2.96. The largest absolute Gasteiger partial charge is 0.490 e. The summed E-state index contributed by atoms with van der Waals surface area (Å²) in [5, 5.41) is 7.03. The van der Waals surface area contributed by atoms with Gasteiger partial charge in [0.25, 0.3) is 0 Å². The molecule has 6 rings (SSSR count). The van der Waals surface area contributed by atoms with Gasteiger partial charge in [-0.3, -0.25) is 4.98 Å². The number of aromatic nitrogens is 1. The summed E-state index contributed by atoms with van der Waals surface area (Å²) in [5.41, 5.74) is 4.02. The van der Waals surface area contributed by atoms with Crippen LogP contribution in [0, 0.1) is 0 Å². The predicted molar refractivity (Wildman–Crippen MR) is 114 cm³/mol. The predicted octanol–water partition coefficient (Wildman–Crippen LogP) is 4.45. The minimum atomic E-state index is -0.390. The Morgan fingerprint density at radius 3 is 2.90 bits per heavy atom. The molecule has 0 N–H and O–H groups in total. The molecule has 2 aromatic carbocycles.